The lowest BCUT2D eigenvalue weighted by molar-refractivity contribution is 0.293. The van der Waals surface area contributed by atoms with E-state index in [1.807, 2.05) is 0 Å². The van der Waals surface area contributed by atoms with Crippen molar-refractivity contribution in [1.82, 2.24) is 0 Å². The van der Waals surface area contributed by atoms with Gasteiger partial charge in [0.05, 0.1) is 10.6 Å². The van der Waals surface area contributed by atoms with Crippen molar-refractivity contribution in [2.75, 3.05) is 11.9 Å². The number of hydrogen-bond acceptors (Lipinski definition) is 3. The van der Waals surface area contributed by atoms with Crippen LogP contribution in [-0.2, 0) is 10.0 Å². The van der Waals surface area contributed by atoms with Crippen molar-refractivity contribution in [3.05, 3.63) is 24.0 Å². The Morgan fingerprint density at radius 3 is 2.75 bits per heavy atom. The highest BCUT2D eigenvalue weighted by Gasteiger charge is 2.19. The lowest BCUT2D eigenvalue weighted by Crippen LogP contribution is -2.21. The molecule has 0 aromatic heterocycles. The van der Waals surface area contributed by atoms with Gasteiger partial charge in [-0.2, -0.15) is 0 Å². The van der Waals surface area contributed by atoms with Crippen LogP contribution in [0.3, 0.4) is 0 Å². The molecule has 1 fully saturated rings. The molecule has 112 valence electrons. The summed E-state index contributed by atoms with van der Waals surface area (Å²) in [6.45, 7) is 2.96. The van der Waals surface area contributed by atoms with Crippen LogP contribution in [0.2, 0.25) is 0 Å². The molecule has 6 heteroatoms. The number of halogens is 1. The smallest absolute Gasteiger partial charge is 0.238 e. The zero-order valence-electron chi connectivity index (χ0n) is 11.6. The number of anilines is 1. The van der Waals surface area contributed by atoms with Gasteiger partial charge in [-0.25, -0.2) is 17.9 Å². The minimum atomic E-state index is -3.85. The summed E-state index contributed by atoms with van der Waals surface area (Å²) in [7, 11) is -3.85. The molecule has 0 radical (unpaired) electrons. The van der Waals surface area contributed by atoms with Gasteiger partial charge in [-0.1, -0.05) is 19.8 Å². The zero-order chi connectivity index (χ0) is 14.8. The summed E-state index contributed by atoms with van der Waals surface area (Å²) in [5.41, 5.74) is 0.329. The molecule has 1 aromatic carbocycles. The van der Waals surface area contributed by atoms with Crippen molar-refractivity contribution in [3.8, 4) is 0 Å². The maximum atomic E-state index is 13.8. The Labute approximate surface area is 119 Å². The van der Waals surface area contributed by atoms with E-state index in [2.05, 4.69) is 12.2 Å². The van der Waals surface area contributed by atoms with Crippen LogP contribution in [0.25, 0.3) is 0 Å². The van der Waals surface area contributed by atoms with Crippen LogP contribution in [0.4, 0.5) is 10.1 Å². The third kappa shape index (κ3) is 3.93. The van der Waals surface area contributed by atoms with E-state index in [9.17, 15) is 12.8 Å². The Hall–Kier alpha value is -1.14. The average Bonchev–Trinajstić information content (AvgIpc) is 2.36. The van der Waals surface area contributed by atoms with Gasteiger partial charge >= 0.3 is 0 Å². The first-order chi connectivity index (χ1) is 9.36. The summed E-state index contributed by atoms with van der Waals surface area (Å²) in [5.74, 6) is 0.696. The van der Waals surface area contributed by atoms with Gasteiger partial charge in [-0.3, -0.25) is 0 Å². The molecule has 1 aromatic rings. The second-order valence-electron chi connectivity index (χ2n) is 5.71. The maximum absolute atomic E-state index is 13.8. The fourth-order valence-corrected chi connectivity index (χ4v) is 3.34. The minimum Gasteiger partial charge on any atom is -0.382 e. The molecule has 4 nitrogen and oxygen atoms in total. The van der Waals surface area contributed by atoms with Crippen LogP contribution < -0.4 is 10.5 Å². The van der Waals surface area contributed by atoms with E-state index in [-0.39, 0.29) is 4.90 Å². The molecule has 0 heterocycles. The van der Waals surface area contributed by atoms with E-state index in [0.29, 0.717) is 11.6 Å². The highest BCUT2D eigenvalue weighted by atomic mass is 32.2. The maximum Gasteiger partial charge on any atom is 0.238 e. The molecule has 2 rings (SSSR count). The van der Waals surface area contributed by atoms with E-state index in [1.54, 1.807) is 0 Å². The van der Waals surface area contributed by atoms with Gasteiger partial charge in [0.15, 0.2) is 0 Å². The first-order valence-electron chi connectivity index (χ1n) is 6.92. The van der Waals surface area contributed by atoms with Crippen LogP contribution >= 0.6 is 0 Å². The van der Waals surface area contributed by atoms with Gasteiger partial charge in [-0.05, 0) is 42.9 Å². The lowest BCUT2D eigenvalue weighted by Gasteiger charge is -2.27. The van der Waals surface area contributed by atoms with Gasteiger partial charge in [-0.15, -0.1) is 0 Å². The highest BCUT2D eigenvalue weighted by Crippen LogP contribution is 2.29. The number of benzene rings is 1. The summed E-state index contributed by atoms with van der Waals surface area (Å²) in [4.78, 5) is -0.202. The van der Waals surface area contributed by atoms with Crippen LogP contribution in [0.15, 0.2) is 23.1 Å². The Balaban J connectivity index is 2.00. The molecular weight excluding hydrogens is 279 g/mol. The summed E-state index contributed by atoms with van der Waals surface area (Å²) in [6.07, 6.45) is 4.81. The van der Waals surface area contributed by atoms with Crippen molar-refractivity contribution < 1.29 is 12.8 Å². The highest BCUT2D eigenvalue weighted by molar-refractivity contribution is 7.89. The molecule has 20 heavy (non-hydrogen) atoms. The molecule has 2 atom stereocenters. The fraction of sp³-hybridized carbons (Fsp3) is 0.571. The third-order valence-electron chi connectivity index (χ3n) is 3.90. The van der Waals surface area contributed by atoms with Crippen molar-refractivity contribution in [3.63, 3.8) is 0 Å². The summed E-state index contributed by atoms with van der Waals surface area (Å²) < 4.78 is 36.1. The summed E-state index contributed by atoms with van der Waals surface area (Å²) >= 11 is 0. The van der Waals surface area contributed by atoms with Crippen molar-refractivity contribution in [2.24, 2.45) is 17.0 Å². The third-order valence-corrected chi connectivity index (χ3v) is 4.81. The molecule has 1 aliphatic carbocycles. The Kier molecular flexibility index (Phi) is 4.65. The molecule has 2 unspecified atom stereocenters. The molecule has 1 aliphatic rings. The second kappa shape index (κ2) is 6.10. The van der Waals surface area contributed by atoms with Gasteiger partial charge in [0.25, 0.3) is 0 Å². The second-order valence-corrected chi connectivity index (χ2v) is 7.27. The molecule has 0 bridgehead atoms. The molecule has 0 saturated heterocycles. The van der Waals surface area contributed by atoms with Gasteiger partial charge in [0.1, 0.15) is 5.82 Å². The van der Waals surface area contributed by atoms with Crippen molar-refractivity contribution >= 4 is 15.7 Å². The number of hydrogen-bond donors (Lipinski definition) is 2. The van der Waals surface area contributed by atoms with Gasteiger partial charge in [0, 0.05) is 6.54 Å². The van der Waals surface area contributed by atoms with Crippen LogP contribution in [-0.4, -0.2) is 15.0 Å². The summed E-state index contributed by atoms with van der Waals surface area (Å²) in [5, 5.41) is 8.04. The van der Waals surface area contributed by atoms with Gasteiger partial charge in [0.2, 0.25) is 10.0 Å². The standard InChI is InChI=1S/C14H21FN2O2S/c1-10-3-2-4-11(7-10)9-17-14-6-5-12(8-13(14)15)20(16,18)19/h5-6,8,10-11,17H,2-4,7,9H2,1H3,(H2,16,18,19). The number of nitrogens with two attached hydrogens (primary N) is 1. The molecular formula is C14H21FN2O2S. The zero-order valence-corrected chi connectivity index (χ0v) is 12.4. The van der Waals surface area contributed by atoms with Crippen LogP contribution in [0, 0.1) is 17.7 Å². The van der Waals surface area contributed by atoms with Crippen LogP contribution in [0.5, 0.6) is 0 Å². The first-order valence-corrected chi connectivity index (χ1v) is 8.47. The van der Waals surface area contributed by atoms with E-state index in [1.165, 1.54) is 25.0 Å². The largest absolute Gasteiger partial charge is 0.382 e. The number of rotatable bonds is 4. The van der Waals surface area contributed by atoms with E-state index in [4.69, 9.17) is 5.14 Å². The Morgan fingerprint density at radius 2 is 2.15 bits per heavy atom. The van der Waals surface area contributed by atoms with Crippen molar-refractivity contribution in [1.29, 1.82) is 0 Å². The van der Waals surface area contributed by atoms with Crippen LogP contribution in [0.1, 0.15) is 32.6 Å². The average molecular weight is 300 g/mol. The van der Waals surface area contributed by atoms with Crippen molar-refractivity contribution in [2.45, 2.75) is 37.5 Å². The Morgan fingerprint density at radius 1 is 1.40 bits per heavy atom. The minimum absolute atomic E-state index is 0.202. The number of primary sulfonamides is 1. The molecule has 0 spiro atoms. The number of nitrogens with one attached hydrogen (secondary N) is 1. The predicted molar refractivity (Wildman–Crippen MR) is 77.4 cm³/mol. The Bertz CT molecular complexity index is 575. The molecule has 0 aliphatic heterocycles. The first kappa shape index (κ1) is 15.3. The lowest BCUT2D eigenvalue weighted by atomic mass is 9.82. The van der Waals surface area contributed by atoms with E-state index < -0.39 is 15.8 Å². The molecule has 0 amide bonds. The summed E-state index contributed by atoms with van der Waals surface area (Å²) in [6, 6.07) is 3.72. The quantitative estimate of drug-likeness (QED) is 0.898. The monoisotopic (exact) mass is 300 g/mol. The van der Waals surface area contributed by atoms with E-state index >= 15 is 0 Å². The topological polar surface area (TPSA) is 72.2 Å². The SMILES string of the molecule is CC1CCCC(CNc2ccc(S(N)(=O)=O)cc2F)C1. The normalized spacial score (nSPS) is 23.6. The molecule has 3 N–H and O–H groups in total. The predicted octanol–water partition coefficient (Wildman–Crippen LogP) is 2.71. The van der Waals surface area contributed by atoms with Gasteiger partial charge < -0.3 is 5.32 Å². The fourth-order valence-electron chi connectivity index (χ4n) is 2.82. The molecule has 1 saturated carbocycles. The number of sulfonamides is 1. The van der Waals surface area contributed by atoms with E-state index in [0.717, 1.165) is 31.4 Å².